The first-order valence-electron chi connectivity index (χ1n) is 10.00. The molecule has 0 aromatic heterocycles. The van der Waals surface area contributed by atoms with Crippen LogP contribution in [0.2, 0.25) is 0 Å². The minimum absolute atomic E-state index is 0.417. The Morgan fingerprint density at radius 3 is 2.03 bits per heavy atom. The summed E-state index contributed by atoms with van der Waals surface area (Å²) in [5.41, 5.74) is -2.25. The Morgan fingerprint density at radius 2 is 1.53 bits per heavy atom. The summed E-state index contributed by atoms with van der Waals surface area (Å²) in [6.07, 6.45) is -14.1. The van der Waals surface area contributed by atoms with Gasteiger partial charge in [0.2, 0.25) is 0 Å². The van der Waals surface area contributed by atoms with Crippen molar-refractivity contribution in [1.82, 2.24) is 5.32 Å². The Labute approximate surface area is 200 Å². The van der Waals surface area contributed by atoms with E-state index in [1.165, 1.54) is 38.2 Å². The van der Waals surface area contributed by atoms with Crippen LogP contribution in [0, 0.1) is 0 Å². The third-order valence-electron chi connectivity index (χ3n) is 3.68. The first kappa shape index (κ1) is 30.4. The molecule has 0 aliphatic heterocycles. The van der Waals surface area contributed by atoms with Crippen molar-refractivity contribution in [1.29, 1.82) is 0 Å². The van der Waals surface area contributed by atoms with Crippen LogP contribution in [0.3, 0.4) is 0 Å². The van der Waals surface area contributed by atoms with Gasteiger partial charge in [-0.1, -0.05) is 30.3 Å². The number of halogens is 6. The summed E-state index contributed by atoms with van der Waals surface area (Å²) in [5, 5.41) is 1.24. The number of hydrogen-bond acceptors (Lipinski definition) is 7. The molecule has 0 aliphatic carbocycles. The van der Waals surface area contributed by atoms with Gasteiger partial charge >= 0.3 is 36.3 Å². The fraction of sp³-hybridized carbons (Fsp3) is 0.476. The molecule has 1 rings (SSSR count). The lowest BCUT2D eigenvalue weighted by Crippen LogP contribution is -2.50. The summed E-state index contributed by atoms with van der Waals surface area (Å²) in [6.45, 7) is 2.32. The molecule has 0 saturated carbocycles. The predicted octanol–water partition coefficient (Wildman–Crippen LogP) is 3.65. The van der Waals surface area contributed by atoms with Crippen molar-refractivity contribution in [3.05, 3.63) is 35.9 Å². The van der Waals surface area contributed by atoms with Gasteiger partial charge in [0, 0.05) is 0 Å². The molecule has 200 valence electrons. The third kappa shape index (κ3) is 12.2. The standard InChI is InChI=1S/C21H22F6N2O7/c1-19(2,3)36-18(33)29-13(9-20(22,23)24)15(30)35-11-14(28-17(32)21(25,26)27)16(31)34-10-12-7-5-4-6-8-12/h4-8,14H,9-11H2,1-3H3,(H,28,32)/t14-/m0/s1. The highest BCUT2D eigenvalue weighted by molar-refractivity contribution is 6.38. The van der Waals surface area contributed by atoms with Gasteiger partial charge in [0.05, 0.1) is 6.42 Å². The van der Waals surface area contributed by atoms with Gasteiger partial charge in [-0.05, 0) is 26.3 Å². The zero-order valence-electron chi connectivity index (χ0n) is 19.2. The SMILES string of the molecule is CC(C)(C)OC(=O)N=C(CC(F)(F)F)C(=O)OC[C@H](NC(=O)C(F)(F)F)C(=O)OCc1ccccc1. The molecular formula is C21H22F6N2O7. The van der Waals surface area contributed by atoms with Crippen LogP contribution in [0.4, 0.5) is 31.1 Å². The Hall–Kier alpha value is -3.65. The van der Waals surface area contributed by atoms with Crippen molar-refractivity contribution >= 4 is 29.7 Å². The molecule has 0 bridgehead atoms. The molecule has 1 atom stereocenters. The number of hydrogen-bond donors (Lipinski definition) is 1. The quantitative estimate of drug-likeness (QED) is 0.237. The average molecular weight is 528 g/mol. The smallest absolute Gasteiger partial charge is 0.459 e. The summed E-state index contributed by atoms with van der Waals surface area (Å²) in [4.78, 5) is 50.4. The van der Waals surface area contributed by atoms with E-state index in [2.05, 4.69) is 9.73 Å². The van der Waals surface area contributed by atoms with E-state index in [4.69, 9.17) is 9.47 Å². The largest absolute Gasteiger partial charge is 0.471 e. The number of nitrogens with zero attached hydrogens (tertiary/aromatic N) is 1. The first-order chi connectivity index (χ1) is 16.4. The highest BCUT2D eigenvalue weighted by Gasteiger charge is 2.42. The van der Waals surface area contributed by atoms with E-state index < -0.39 is 73.3 Å². The molecule has 2 amide bonds. The Kier molecular flexibility index (Phi) is 10.4. The second-order valence-electron chi connectivity index (χ2n) is 8.05. The summed E-state index contributed by atoms with van der Waals surface area (Å²) < 4.78 is 90.5. The molecule has 0 fully saturated rings. The Bertz CT molecular complexity index is 970. The number of alkyl halides is 6. The average Bonchev–Trinajstić information content (AvgIpc) is 2.71. The topological polar surface area (TPSA) is 120 Å². The van der Waals surface area contributed by atoms with Gasteiger partial charge in [-0.25, -0.2) is 14.4 Å². The van der Waals surface area contributed by atoms with Crippen molar-refractivity contribution in [2.45, 2.75) is 57.8 Å². The number of nitrogens with one attached hydrogen (secondary N) is 1. The van der Waals surface area contributed by atoms with Gasteiger partial charge in [-0.3, -0.25) is 4.79 Å². The number of carbonyl (C=O) groups excluding carboxylic acids is 4. The number of benzene rings is 1. The van der Waals surface area contributed by atoms with Gasteiger partial charge in [-0.2, -0.15) is 31.3 Å². The maximum Gasteiger partial charge on any atom is 0.471 e. The van der Waals surface area contributed by atoms with Crippen molar-refractivity contribution in [3.63, 3.8) is 0 Å². The summed E-state index contributed by atoms with van der Waals surface area (Å²) in [5.74, 6) is -5.97. The molecule has 15 heteroatoms. The van der Waals surface area contributed by atoms with E-state index in [-0.39, 0.29) is 0 Å². The van der Waals surface area contributed by atoms with E-state index in [1.807, 2.05) is 0 Å². The van der Waals surface area contributed by atoms with E-state index in [1.54, 1.807) is 18.2 Å². The lowest BCUT2D eigenvalue weighted by atomic mass is 10.2. The highest BCUT2D eigenvalue weighted by Crippen LogP contribution is 2.21. The van der Waals surface area contributed by atoms with Crippen LogP contribution in [0.1, 0.15) is 32.8 Å². The van der Waals surface area contributed by atoms with E-state index in [0.717, 1.165) is 0 Å². The molecule has 0 heterocycles. The van der Waals surface area contributed by atoms with Crippen LogP contribution in [0.25, 0.3) is 0 Å². The van der Waals surface area contributed by atoms with Crippen LogP contribution in [0.5, 0.6) is 0 Å². The number of amides is 2. The van der Waals surface area contributed by atoms with Crippen LogP contribution < -0.4 is 5.32 Å². The summed E-state index contributed by atoms with van der Waals surface area (Å²) in [7, 11) is 0. The van der Waals surface area contributed by atoms with E-state index in [9.17, 15) is 45.5 Å². The zero-order chi connectivity index (χ0) is 27.7. The van der Waals surface area contributed by atoms with Crippen molar-refractivity contribution in [3.8, 4) is 0 Å². The first-order valence-corrected chi connectivity index (χ1v) is 10.00. The molecule has 1 N–H and O–H groups in total. The van der Waals surface area contributed by atoms with Crippen molar-refractivity contribution < 1.29 is 59.7 Å². The lowest BCUT2D eigenvalue weighted by Gasteiger charge is -2.19. The van der Waals surface area contributed by atoms with Gasteiger partial charge in [0.25, 0.3) is 0 Å². The maximum atomic E-state index is 12.8. The minimum atomic E-state index is -5.44. The number of esters is 2. The molecule has 36 heavy (non-hydrogen) atoms. The minimum Gasteiger partial charge on any atom is -0.459 e. The molecule has 0 saturated heterocycles. The summed E-state index contributed by atoms with van der Waals surface area (Å²) in [6, 6.07) is 5.54. The highest BCUT2D eigenvalue weighted by atomic mass is 19.4. The van der Waals surface area contributed by atoms with Gasteiger partial charge in [0.15, 0.2) is 6.04 Å². The van der Waals surface area contributed by atoms with Crippen LogP contribution in [0.15, 0.2) is 35.3 Å². The molecular weight excluding hydrogens is 506 g/mol. The zero-order valence-corrected chi connectivity index (χ0v) is 19.2. The number of aliphatic imine (C=N–C) groups is 1. The number of rotatable bonds is 8. The lowest BCUT2D eigenvalue weighted by molar-refractivity contribution is -0.177. The van der Waals surface area contributed by atoms with Crippen LogP contribution >= 0.6 is 0 Å². The van der Waals surface area contributed by atoms with Gasteiger partial charge in [-0.15, -0.1) is 0 Å². The normalized spacial score (nSPS) is 13.4. The second-order valence-corrected chi connectivity index (χ2v) is 8.05. The van der Waals surface area contributed by atoms with E-state index >= 15 is 0 Å². The van der Waals surface area contributed by atoms with Gasteiger partial charge < -0.3 is 19.5 Å². The fourth-order valence-electron chi connectivity index (χ4n) is 2.22. The van der Waals surface area contributed by atoms with Crippen molar-refractivity contribution in [2.24, 2.45) is 4.99 Å². The molecule has 0 spiro atoms. The molecule has 0 unspecified atom stereocenters. The molecule has 0 radical (unpaired) electrons. The molecule has 0 aliphatic rings. The monoisotopic (exact) mass is 528 g/mol. The fourth-order valence-corrected chi connectivity index (χ4v) is 2.22. The Balaban J connectivity index is 3.03. The second kappa shape index (κ2) is 12.4. The van der Waals surface area contributed by atoms with Crippen molar-refractivity contribution in [2.75, 3.05) is 6.61 Å². The van der Waals surface area contributed by atoms with E-state index in [0.29, 0.717) is 5.56 Å². The molecule has 1 aromatic carbocycles. The molecule has 9 nitrogen and oxygen atoms in total. The summed E-state index contributed by atoms with van der Waals surface area (Å²) >= 11 is 0. The number of carbonyl (C=O) groups is 4. The number of ether oxygens (including phenoxy) is 3. The molecule has 1 aromatic rings. The van der Waals surface area contributed by atoms with Gasteiger partial charge in [0.1, 0.15) is 24.5 Å². The third-order valence-corrected chi connectivity index (χ3v) is 3.68. The predicted molar refractivity (Wildman–Crippen MR) is 110 cm³/mol. The maximum absolute atomic E-state index is 12.8. The van der Waals surface area contributed by atoms with Crippen LogP contribution in [-0.2, 0) is 35.2 Å². The van der Waals surface area contributed by atoms with Crippen LogP contribution in [-0.4, -0.2) is 60.3 Å². The Morgan fingerprint density at radius 1 is 0.944 bits per heavy atom.